The predicted molar refractivity (Wildman–Crippen MR) is 196 cm³/mol. The summed E-state index contributed by atoms with van der Waals surface area (Å²) in [6.45, 7) is 0. The van der Waals surface area contributed by atoms with E-state index in [1.54, 1.807) is 0 Å². The van der Waals surface area contributed by atoms with Crippen LogP contribution in [-0.4, -0.2) is 11.3 Å². The van der Waals surface area contributed by atoms with E-state index in [2.05, 4.69) is 48.5 Å². The van der Waals surface area contributed by atoms with Gasteiger partial charge in [0.2, 0.25) is 0 Å². The van der Waals surface area contributed by atoms with Crippen LogP contribution >= 0.6 is 14.3 Å². The van der Waals surface area contributed by atoms with Gasteiger partial charge in [0.25, 0.3) is 0 Å². The molecule has 3 aliphatic rings. The van der Waals surface area contributed by atoms with Crippen LogP contribution < -0.4 is 21.2 Å². The molecule has 2 nitrogen and oxygen atoms in total. The van der Waals surface area contributed by atoms with Crippen molar-refractivity contribution in [2.75, 3.05) is 0 Å². The fourth-order valence-corrected chi connectivity index (χ4v) is 16.5. The zero-order valence-corrected chi connectivity index (χ0v) is 29.0. The van der Waals surface area contributed by atoms with Gasteiger partial charge in [-0.3, -0.25) is 0 Å². The molecule has 0 radical (unpaired) electrons. The van der Waals surface area contributed by atoms with E-state index in [0.717, 1.165) is 70.6 Å². The summed E-state index contributed by atoms with van der Waals surface area (Å²) in [4.78, 5) is 0. The van der Waals surface area contributed by atoms with Gasteiger partial charge in [-0.05, 0) is 101 Å². The first kappa shape index (κ1) is 31.9. The van der Waals surface area contributed by atoms with Crippen molar-refractivity contribution in [1.82, 2.24) is 0 Å². The van der Waals surface area contributed by atoms with E-state index in [1.807, 2.05) is 72.8 Å². The molecule has 0 heterocycles. The Labute approximate surface area is 277 Å². The van der Waals surface area contributed by atoms with Crippen LogP contribution in [0.3, 0.4) is 0 Å². The smallest absolute Gasteiger partial charge is 0.146 e. The van der Waals surface area contributed by atoms with Crippen molar-refractivity contribution >= 4 is 35.5 Å². The Morgan fingerprint density at radius 1 is 0.304 bits per heavy atom. The van der Waals surface area contributed by atoms with Gasteiger partial charge in [0.15, 0.2) is 0 Å². The standard InChI is InChI=1S/C42H50O2P2/c43-45(37-13-5-1-6-14-37,38-15-7-2-8-16-38)41-29-25-35(26-30-41)33-21-23-34(24-22-33)36-27-31-42(32-28-36)46(44,39-17-9-3-10-18-39)40-19-11-4-12-20-40/h1-20,33-36,41-42H,21-32H2. The van der Waals surface area contributed by atoms with Crippen molar-refractivity contribution in [3.8, 4) is 0 Å². The first-order valence-corrected chi connectivity index (χ1v) is 21.5. The monoisotopic (exact) mass is 648 g/mol. The second-order valence-electron chi connectivity index (χ2n) is 14.5. The average molecular weight is 649 g/mol. The van der Waals surface area contributed by atoms with Crippen LogP contribution in [0.25, 0.3) is 0 Å². The Kier molecular flexibility index (Phi) is 9.86. The summed E-state index contributed by atoms with van der Waals surface area (Å²) >= 11 is 0. The van der Waals surface area contributed by atoms with Crippen LogP contribution in [0.4, 0.5) is 0 Å². The summed E-state index contributed by atoms with van der Waals surface area (Å²) in [5, 5.41) is 4.13. The van der Waals surface area contributed by atoms with E-state index < -0.39 is 14.3 Å². The summed E-state index contributed by atoms with van der Waals surface area (Å²) in [6, 6.07) is 41.3. The van der Waals surface area contributed by atoms with E-state index >= 15 is 0 Å². The number of hydrogen-bond donors (Lipinski definition) is 0. The van der Waals surface area contributed by atoms with Crippen LogP contribution in [0.15, 0.2) is 121 Å². The lowest BCUT2D eigenvalue weighted by Gasteiger charge is -2.43. The van der Waals surface area contributed by atoms with E-state index in [0.29, 0.717) is 0 Å². The summed E-state index contributed by atoms with van der Waals surface area (Å²) in [6.07, 6.45) is 14.7. The predicted octanol–water partition coefficient (Wildman–Crippen LogP) is 9.94. The fourth-order valence-electron chi connectivity index (χ4n) is 9.70. The third-order valence-corrected chi connectivity index (χ3v) is 19.6. The quantitative estimate of drug-likeness (QED) is 0.178. The lowest BCUT2D eigenvalue weighted by molar-refractivity contribution is 0.124. The second kappa shape index (κ2) is 14.2. The van der Waals surface area contributed by atoms with Gasteiger partial charge < -0.3 is 9.13 Å². The van der Waals surface area contributed by atoms with E-state index in [4.69, 9.17) is 0 Å². The minimum atomic E-state index is -2.67. The zero-order valence-electron chi connectivity index (χ0n) is 27.2. The van der Waals surface area contributed by atoms with Gasteiger partial charge in [0.05, 0.1) is 0 Å². The van der Waals surface area contributed by atoms with Crippen molar-refractivity contribution in [2.24, 2.45) is 23.7 Å². The Balaban J connectivity index is 0.947. The number of hydrogen-bond acceptors (Lipinski definition) is 2. The molecule has 0 saturated heterocycles. The molecule has 4 aromatic carbocycles. The summed E-state index contributed by atoms with van der Waals surface area (Å²) in [5.41, 5.74) is 0.505. The highest BCUT2D eigenvalue weighted by Gasteiger charge is 2.43. The maximum atomic E-state index is 14.9. The van der Waals surface area contributed by atoms with Gasteiger partial charge in [0, 0.05) is 32.5 Å². The molecule has 0 unspecified atom stereocenters. The van der Waals surface area contributed by atoms with Gasteiger partial charge in [-0.1, -0.05) is 121 Å². The highest BCUT2D eigenvalue weighted by atomic mass is 31.2. The molecule has 0 aromatic heterocycles. The molecule has 0 atom stereocenters. The minimum Gasteiger partial charge on any atom is -0.313 e. The lowest BCUT2D eigenvalue weighted by Crippen LogP contribution is -2.34. The molecular formula is C42H50O2P2. The maximum Gasteiger partial charge on any atom is 0.146 e. The van der Waals surface area contributed by atoms with Gasteiger partial charge in [-0.2, -0.15) is 0 Å². The molecule has 3 fully saturated rings. The highest BCUT2D eigenvalue weighted by Crippen LogP contribution is 2.57. The molecule has 46 heavy (non-hydrogen) atoms. The fraction of sp³-hybridized carbons (Fsp3) is 0.429. The maximum absolute atomic E-state index is 14.9. The third-order valence-electron chi connectivity index (χ3n) is 12.2. The van der Waals surface area contributed by atoms with E-state index in [-0.39, 0.29) is 11.3 Å². The van der Waals surface area contributed by atoms with Crippen molar-refractivity contribution in [1.29, 1.82) is 0 Å². The zero-order chi connectivity index (χ0) is 31.4. The third kappa shape index (κ3) is 6.30. The molecule has 0 spiro atoms. The van der Waals surface area contributed by atoms with Crippen molar-refractivity contribution < 1.29 is 9.13 Å². The number of rotatable bonds is 8. The van der Waals surface area contributed by atoms with E-state index in [1.165, 1.54) is 51.4 Å². The van der Waals surface area contributed by atoms with Gasteiger partial charge in [0.1, 0.15) is 14.3 Å². The van der Waals surface area contributed by atoms with Crippen LogP contribution in [0.2, 0.25) is 0 Å². The topological polar surface area (TPSA) is 34.1 Å². The first-order chi connectivity index (χ1) is 22.6. The summed E-state index contributed by atoms with van der Waals surface area (Å²) in [5.74, 6) is 3.24. The van der Waals surface area contributed by atoms with E-state index in [9.17, 15) is 9.13 Å². The molecular weight excluding hydrogens is 598 g/mol. The van der Waals surface area contributed by atoms with Crippen LogP contribution in [0, 0.1) is 23.7 Å². The molecule has 0 aliphatic heterocycles. The van der Waals surface area contributed by atoms with Crippen LogP contribution in [0.5, 0.6) is 0 Å². The summed E-state index contributed by atoms with van der Waals surface area (Å²) < 4.78 is 29.8. The van der Waals surface area contributed by atoms with Gasteiger partial charge in [-0.25, -0.2) is 0 Å². The normalized spacial score (nSPS) is 27.6. The molecule has 4 aromatic rings. The Morgan fingerprint density at radius 2 is 0.500 bits per heavy atom. The molecule has 3 saturated carbocycles. The minimum absolute atomic E-state index is 0.253. The van der Waals surface area contributed by atoms with Crippen molar-refractivity contribution in [2.45, 2.75) is 88.4 Å². The molecule has 0 bridgehead atoms. The molecule has 240 valence electrons. The SMILES string of the molecule is O=P(c1ccccc1)(c1ccccc1)C1CCC(C2CCC(C3CCC(P(=O)(c4ccccc4)c4ccccc4)CC3)CC2)CC1. The van der Waals surface area contributed by atoms with Crippen LogP contribution in [-0.2, 0) is 9.13 Å². The summed E-state index contributed by atoms with van der Waals surface area (Å²) in [7, 11) is -5.34. The molecule has 0 amide bonds. The van der Waals surface area contributed by atoms with Gasteiger partial charge >= 0.3 is 0 Å². The van der Waals surface area contributed by atoms with Crippen molar-refractivity contribution in [3.63, 3.8) is 0 Å². The second-order valence-corrected chi connectivity index (χ2v) is 20.6. The molecule has 4 heteroatoms. The largest absolute Gasteiger partial charge is 0.313 e. The average Bonchev–Trinajstić information content (AvgIpc) is 3.16. The van der Waals surface area contributed by atoms with Crippen molar-refractivity contribution in [3.05, 3.63) is 121 Å². The first-order valence-electron chi connectivity index (χ1n) is 18.0. The molecule has 3 aliphatic carbocycles. The number of benzene rings is 4. The molecule has 7 rings (SSSR count). The van der Waals surface area contributed by atoms with Crippen LogP contribution in [0.1, 0.15) is 77.0 Å². The highest BCUT2D eigenvalue weighted by molar-refractivity contribution is 7.79. The Hall–Kier alpha value is -2.66. The molecule has 0 N–H and O–H groups in total. The van der Waals surface area contributed by atoms with Gasteiger partial charge in [-0.15, -0.1) is 0 Å². The Morgan fingerprint density at radius 3 is 0.717 bits per heavy atom. The Bertz CT molecular complexity index is 1400. The lowest BCUT2D eigenvalue weighted by atomic mass is 9.66.